The third kappa shape index (κ3) is 4.19. The molecule has 0 aromatic carbocycles. The lowest BCUT2D eigenvalue weighted by Crippen LogP contribution is -2.22. The summed E-state index contributed by atoms with van der Waals surface area (Å²) in [5.41, 5.74) is 5.23. The third-order valence-electron chi connectivity index (χ3n) is 6.27. The van der Waals surface area contributed by atoms with Crippen molar-refractivity contribution in [1.82, 2.24) is 33.9 Å². The lowest BCUT2D eigenvalue weighted by molar-refractivity contribution is 0.0949. The number of pyridine rings is 2. The van der Waals surface area contributed by atoms with Crippen molar-refractivity contribution in [2.75, 3.05) is 0 Å². The van der Waals surface area contributed by atoms with Crippen LogP contribution < -0.4 is 5.32 Å². The molecule has 0 spiro atoms. The van der Waals surface area contributed by atoms with Crippen LogP contribution in [0.15, 0.2) is 55.5 Å². The smallest absolute Gasteiger partial charge is 0.254 e. The number of nitrogens with one attached hydrogen (secondary N) is 1. The minimum absolute atomic E-state index is 0.000425. The van der Waals surface area contributed by atoms with E-state index in [1.807, 2.05) is 33.3 Å². The van der Waals surface area contributed by atoms with Crippen LogP contribution in [0.4, 0.5) is 0 Å². The Hall–Kier alpha value is -3.98. The molecule has 0 atom stereocenters. The number of hydrogen-bond donors (Lipinski definition) is 1. The van der Waals surface area contributed by atoms with Gasteiger partial charge in [0.05, 0.1) is 53.6 Å². The summed E-state index contributed by atoms with van der Waals surface area (Å²) in [5, 5.41) is 7.82. The zero-order valence-corrected chi connectivity index (χ0v) is 19.7. The average Bonchev–Trinajstić information content (AvgIpc) is 3.25. The second kappa shape index (κ2) is 8.35. The summed E-state index contributed by atoms with van der Waals surface area (Å²) in [6.45, 7) is 2.22. The van der Waals surface area contributed by atoms with Crippen molar-refractivity contribution in [2.24, 2.45) is 0 Å². The molecular formula is C25H22ClN7O2. The molecule has 0 aliphatic heterocycles. The van der Waals surface area contributed by atoms with Gasteiger partial charge < -0.3 is 14.1 Å². The first kappa shape index (κ1) is 21.5. The van der Waals surface area contributed by atoms with Gasteiger partial charge in [-0.05, 0) is 49.4 Å². The zero-order valence-electron chi connectivity index (χ0n) is 19.0. The van der Waals surface area contributed by atoms with E-state index in [9.17, 15) is 9.59 Å². The molecule has 0 unspecified atom stereocenters. The Bertz CT molecular complexity index is 1610. The van der Waals surface area contributed by atoms with Gasteiger partial charge >= 0.3 is 0 Å². The van der Waals surface area contributed by atoms with E-state index in [4.69, 9.17) is 11.6 Å². The summed E-state index contributed by atoms with van der Waals surface area (Å²) in [4.78, 5) is 33.9. The second-order valence-corrected chi connectivity index (χ2v) is 9.36. The number of carbonyl (C=O) groups excluding carboxylic acids is 2. The van der Waals surface area contributed by atoms with Crippen molar-refractivity contribution in [3.63, 3.8) is 0 Å². The minimum atomic E-state index is -0.248. The monoisotopic (exact) mass is 487 g/mol. The van der Waals surface area contributed by atoms with Gasteiger partial charge in [-0.25, -0.2) is 9.97 Å². The Morgan fingerprint density at radius 2 is 2.03 bits per heavy atom. The Labute approximate surface area is 205 Å². The van der Waals surface area contributed by atoms with Gasteiger partial charge in [-0.15, -0.1) is 0 Å². The van der Waals surface area contributed by atoms with Gasteiger partial charge in [0.15, 0.2) is 5.78 Å². The molecule has 1 fully saturated rings. The number of fused-ring (bicyclic) bond motifs is 2. The summed E-state index contributed by atoms with van der Waals surface area (Å²) in [7, 11) is 0. The van der Waals surface area contributed by atoms with Crippen LogP contribution in [0.25, 0.3) is 11.2 Å². The van der Waals surface area contributed by atoms with E-state index in [0.717, 1.165) is 29.7 Å². The fraction of sp³-hybridized carbons (Fsp3) is 0.240. The van der Waals surface area contributed by atoms with Gasteiger partial charge in [0.25, 0.3) is 5.91 Å². The highest BCUT2D eigenvalue weighted by molar-refractivity contribution is 6.30. The van der Waals surface area contributed by atoms with E-state index in [2.05, 4.69) is 26.6 Å². The van der Waals surface area contributed by atoms with Gasteiger partial charge in [-0.2, -0.15) is 5.10 Å². The maximum absolute atomic E-state index is 12.7. The molecule has 5 aromatic heterocycles. The molecule has 0 bridgehead atoms. The van der Waals surface area contributed by atoms with Crippen molar-refractivity contribution < 1.29 is 9.59 Å². The van der Waals surface area contributed by atoms with Crippen molar-refractivity contribution in [2.45, 2.75) is 38.8 Å². The van der Waals surface area contributed by atoms with Crippen molar-refractivity contribution >= 4 is 34.5 Å². The number of Topliss-reactive ketones (excluding diaryl/α,β-unsaturated/α-hetero) is 1. The first-order valence-corrected chi connectivity index (χ1v) is 11.8. The molecule has 1 aliphatic carbocycles. The summed E-state index contributed by atoms with van der Waals surface area (Å²) in [6.07, 6.45) is 13.0. The fourth-order valence-corrected chi connectivity index (χ4v) is 4.46. The molecule has 1 aliphatic rings. The highest BCUT2D eigenvalue weighted by Gasteiger charge is 2.25. The Morgan fingerprint density at radius 1 is 1.17 bits per heavy atom. The van der Waals surface area contributed by atoms with E-state index in [1.165, 1.54) is 11.8 Å². The summed E-state index contributed by atoms with van der Waals surface area (Å²) in [5.74, 6) is 0.288. The average molecular weight is 488 g/mol. The third-order valence-corrected chi connectivity index (χ3v) is 6.50. The number of nitrogens with zero attached hydrogens (tertiary/aromatic N) is 6. The number of imidazole rings is 2. The van der Waals surface area contributed by atoms with Crippen LogP contribution in [-0.2, 0) is 13.1 Å². The number of aromatic nitrogens is 6. The van der Waals surface area contributed by atoms with Gasteiger partial charge in [-0.3, -0.25) is 14.3 Å². The summed E-state index contributed by atoms with van der Waals surface area (Å²) < 4.78 is 5.45. The predicted molar refractivity (Wildman–Crippen MR) is 130 cm³/mol. The second-order valence-electron chi connectivity index (χ2n) is 8.92. The van der Waals surface area contributed by atoms with Crippen molar-refractivity contribution in [3.05, 3.63) is 88.6 Å². The largest absolute Gasteiger partial charge is 0.346 e. The van der Waals surface area contributed by atoms with Crippen LogP contribution in [0.2, 0.25) is 5.02 Å². The lowest BCUT2D eigenvalue weighted by atomic mass is 10.1. The molecular weight excluding hydrogens is 466 g/mol. The summed E-state index contributed by atoms with van der Waals surface area (Å²) in [6, 6.07) is 5.57. The van der Waals surface area contributed by atoms with Crippen molar-refractivity contribution in [1.29, 1.82) is 0 Å². The Kier molecular flexibility index (Phi) is 5.14. The van der Waals surface area contributed by atoms with Gasteiger partial charge in [-0.1, -0.05) is 11.6 Å². The number of halogens is 1. The highest BCUT2D eigenvalue weighted by atomic mass is 35.5. The van der Waals surface area contributed by atoms with Gasteiger partial charge in [0, 0.05) is 29.8 Å². The van der Waals surface area contributed by atoms with Crippen molar-refractivity contribution in [3.8, 4) is 0 Å². The SMILES string of the molecule is CC(=O)c1cc(C2CC2)cn2cc(Cn3cc(C(=O)NCc4ncn5ccc(Cl)cc45)cn3)nc12. The van der Waals surface area contributed by atoms with Crippen LogP contribution in [0.5, 0.6) is 0 Å². The van der Waals surface area contributed by atoms with E-state index in [-0.39, 0.29) is 18.2 Å². The van der Waals surface area contributed by atoms with E-state index in [1.54, 1.807) is 30.2 Å². The normalized spacial score (nSPS) is 13.5. The van der Waals surface area contributed by atoms with Crippen LogP contribution in [-0.4, -0.2) is 40.2 Å². The maximum Gasteiger partial charge on any atom is 0.254 e. The predicted octanol–water partition coefficient (Wildman–Crippen LogP) is 3.89. The Morgan fingerprint density at radius 3 is 2.83 bits per heavy atom. The Balaban J connectivity index is 1.17. The van der Waals surface area contributed by atoms with Crippen LogP contribution in [0, 0.1) is 0 Å². The van der Waals surface area contributed by atoms with E-state index < -0.39 is 0 Å². The molecule has 10 heteroatoms. The molecule has 1 saturated carbocycles. The summed E-state index contributed by atoms with van der Waals surface area (Å²) >= 11 is 6.09. The number of carbonyl (C=O) groups is 2. The van der Waals surface area contributed by atoms with Gasteiger partial charge in [0.2, 0.25) is 0 Å². The maximum atomic E-state index is 12.7. The quantitative estimate of drug-likeness (QED) is 0.351. The van der Waals surface area contributed by atoms with Crippen LogP contribution in [0.1, 0.15) is 63.4 Å². The first-order chi connectivity index (χ1) is 16.9. The molecule has 176 valence electrons. The fourth-order valence-electron chi connectivity index (χ4n) is 4.30. The molecule has 35 heavy (non-hydrogen) atoms. The van der Waals surface area contributed by atoms with Crippen LogP contribution >= 0.6 is 11.6 Å². The topological polar surface area (TPSA) is 98.6 Å². The number of rotatable bonds is 7. The molecule has 6 rings (SSSR count). The minimum Gasteiger partial charge on any atom is -0.346 e. The zero-order chi connectivity index (χ0) is 24.1. The van der Waals surface area contributed by atoms with E-state index >= 15 is 0 Å². The standard InChI is InChI=1S/C25H22ClN7O2/c1-15(34)21-6-17(16-2-3-16)10-32-12-20(30-24(21)32)13-33-11-18(8-29-33)25(35)27-9-22-23-7-19(26)4-5-31(23)14-28-22/h4-8,10-12,14,16H,2-3,9,13H2,1H3,(H,27,35). The highest BCUT2D eigenvalue weighted by Crippen LogP contribution is 2.40. The number of hydrogen-bond acceptors (Lipinski definition) is 5. The van der Waals surface area contributed by atoms with Crippen LogP contribution in [0.3, 0.4) is 0 Å². The van der Waals surface area contributed by atoms with Gasteiger partial charge in [0.1, 0.15) is 5.65 Å². The molecule has 1 amide bonds. The number of ketones is 1. The van der Waals surface area contributed by atoms with E-state index in [0.29, 0.717) is 34.3 Å². The molecule has 5 heterocycles. The molecule has 0 saturated heterocycles. The lowest BCUT2D eigenvalue weighted by Gasteiger charge is -2.04. The first-order valence-electron chi connectivity index (χ1n) is 11.4. The molecule has 5 aromatic rings. The molecule has 9 nitrogen and oxygen atoms in total. The number of amides is 1. The molecule has 1 N–H and O–H groups in total. The molecule has 0 radical (unpaired) electrons.